The molecule has 8 nitrogen and oxygen atoms in total. The first-order valence-electron chi connectivity index (χ1n) is 11.1. The number of carbonyl (C=O) groups excluding carboxylic acids is 3. The number of anilines is 1. The number of amides is 2. The second-order valence-electron chi connectivity index (χ2n) is 8.01. The van der Waals surface area contributed by atoms with Crippen molar-refractivity contribution in [3.8, 4) is 0 Å². The molecule has 0 bridgehead atoms. The highest BCUT2D eigenvalue weighted by molar-refractivity contribution is 5.96. The summed E-state index contributed by atoms with van der Waals surface area (Å²) < 4.78 is 106. The Labute approximate surface area is 217 Å². The number of urea groups is 1. The van der Waals surface area contributed by atoms with Crippen LogP contribution in [0.25, 0.3) is 0 Å². The molecule has 0 saturated carbocycles. The summed E-state index contributed by atoms with van der Waals surface area (Å²) in [5, 5.41) is 13.7. The third kappa shape index (κ3) is 6.08. The van der Waals surface area contributed by atoms with Crippen LogP contribution in [0, 0.1) is 12.7 Å². The van der Waals surface area contributed by atoms with Gasteiger partial charge in [0, 0.05) is 11.3 Å². The molecule has 2 aromatic rings. The zero-order valence-corrected chi connectivity index (χ0v) is 20.6. The van der Waals surface area contributed by atoms with E-state index in [4.69, 9.17) is 0 Å². The summed E-state index contributed by atoms with van der Waals surface area (Å²) in [5.74, 6) is -4.88. The van der Waals surface area contributed by atoms with E-state index in [1.807, 2.05) is 5.32 Å². The number of benzene rings is 2. The Balaban J connectivity index is 2.50. The molecule has 0 radical (unpaired) electrons. The van der Waals surface area contributed by atoms with Crippen molar-refractivity contribution in [2.75, 3.05) is 18.5 Å². The number of ether oxygens (including phenoxy) is 2. The first-order chi connectivity index (χ1) is 17.9. The van der Waals surface area contributed by atoms with Crippen LogP contribution in [-0.4, -0.2) is 48.6 Å². The number of esters is 2. The molecule has 2 atom stereocenters. The SMILES string of the molecule is CCOC(=O)[C@@](O)(c1ccc(NC(=O)N[C@@](C(=O)OCC)(c2ccc(F)cc2)C(F)(F)F)c(C)c1)C(F)(F)F. The number of alkyl halides is 6. The molecule has 2 rings (SSSR count). The van der Waals surface area contributed by atoms with E-state index in [0.717, 1.165) is 13.0 Å². The molecular formula is C24H23F7N2O6. The Kier molecular flexibility index (Phi) is 9.22. The van der Waals surface area contributed by atoms with E-state index in [1.165, 1.54) is 19.2 Å². The molecule has 3 N–H and O–H groups in total. The highest BCUT2D eigenvalue weighted by Gasteiger charge is 2.64. The number of aryl methyl sites for hydroxylation is 1. The van der Waals surface area contributed by atoms with Gasteiger partial charge in [0.1, 0.15) is 5.82 Å². The minimum absolute atomic E-state index is 0.217. The normalized spacial score (nSPS) is 14.9. The monoisotopic (exact) mass is 568 g/mol. The minimum Gasteiger partial charge on any atom is -0.464 e. The number of rotatable bonds is 8. The third-order valence-corrected chi connectivity index (χ3v) is 5.46. The number of hydrogen-bond donors (Lipinski definition) is 3. The van der Waals surface area contributed by atoms with E-state index in [-0.39, 0.29) is 11.3 Å². The smallest absolute Gasteiger partial charge is 0.432 e. The summed E-state index contributed by atoms with van der Waals surface area (Å²) in [6, 6.07) is 2.92. The summed E-state index contributed by atoms with van der Waals surface area (Å²) >= 11 is 0. The fourth-order valence-electron chi connectivity index (χ4n) is 3.52. The Morgan fingerprint density at radius 2 is 1.33 bits per heavy atom. The van der Waals surface area contributed by atoms with E-state index in [9.17, 15) is 50.2 Å². The maximum Gasteiger partial charge on any atom is 0.432 e. The van der Waals surface area contributed by atoms with E-state index in [0.29, 0.717) is 36.4 Å². The van der Waals surface area contributed by atoms with Crippen LogP contribution in [0.1, 0.15) is 30.5 Å². The van der Waals surface area contributed by atoms with Gasteiger partial charge in [-0.05, 0) is 50.1 Å². The van der Waals surface area contributed by atoms with Crippen LogP contribution < -0.4 is 10.6 Å². The van der Waals surface area contributed by atoms with Crippen molar-refractivity contribution in [2.24, 2.45) is 0 Å². The molecule has 0 aliphatic carbocycles. The summed E-state index contributed by atoms with van der Waals surface area (Å²) in [6.07, 6.45) is -11.0. The van der Waals surface area contributed by atoms with Crippen molar-refractivity contribution in [3.63, 3.8) is 0 Å². The van der Waals surface area contributed by atoms with Gasteiger partial charge in [0.15, 0.2) is 0 Å². The fourth-order valence-corrected chi connectivity index (χ4v) is 3.52. The Morgan fingerprint density at radius 3 is 1.79 bits per heavy atom. The average Bonchev–Trinajstić information content (AvgIpc) is 2.82. The van der Waals surface area contributed by atoms with Gasteiger partial charge in [-0.25, -0.2) is 18.8 Å². The highest BCUT2D eigenvalue weighted by atomic mass is 19.4. The van der Waals surface area contributed by atoms with Gasteiger partial charge in [-0.2, -0.15) is 26.3 Å². The molecule has 0 unspecified atom stereocenters. The lowest BCUT2D eigenvalue weighted by Gasteiger charge is -2.34. The largest absolute Gasteiger partial charge is 0.464 e. The highest BCUT2D eigenvalue weighted by Crippen LogP contribution is 2.42. The van der Waals surface area contributed by atoms with Gasteiger partial charge >= 0.3 is 30.3 Å². The molecule has 0 fully saturated rings. The molecule has 15 heteroatoms. The topological polar surface area (TPSA) is 114 Å². The molecule has 2 amide bonds. The molecule has 0 heterocycles. The van der Waals surface area contributed by atoms with Crippen molar-refractivity contribution in [1.82, 2.24) is 5.32 Å². The molecule has 0 aliphatic heterocycles. The Hall–Kier alpha value is -3.88. The van der Waals surface area contributed by atoms with Crippen LogP contribution in [0.15, 0.2) is 42.5 Å². The molecule has 0 saturated heterocycles. The van der Waals surface area contributed by atoms with Crippen LogP contribution in [0.2, 0.25) is 0 Å². The second-order valence-corrected chi connectivity index (χ2v) is 8.01. The van der Waals surface area contributed by atoms with E-state index in [1.54, 1.807) is 0 Å². The maximum atomic E-state index is 14.3. The molecular weight excluding hydrogens is 545 g/mol. The summed E-state index contributed by atoms with van der Waals surface area (Å²) in [6.45, 7) is 2.57. The van der Waals surface area contributed by atoms with Gasteiger partial charge in [-0.1, -0.05) is 24.3 Å². The van der Waals surface area contributed by atoms with Gasteiger partial charge in [0.2, 0.25) is 0 Å². The molecule has 2 aromatic carbocycles. The minimum atomic E-state index is -5.51. The molecule has 0 aliphatic rings. The predicted molar refractivity (Wildman–Crippen MR) is 121 cm³/mol. The number of halogens is 7. The Bertz CT molecular complexity index is 1220. The van der Waals surface area contributed by atoms with Crippen LogP contribution in [0.3, 0.4) is 0 Å². The van der Waals surface area contributed by atoms with Gasteiger partial charge in [0.25, 0.3) is 11.1 Å². The van der Waals surface area contributed by atoms with Crippen molar-refractivity contribution in [3.05, 3.63) is 65.0 Å². The number of carbonyl (C=O) groups is 3. The first-order valence-corrected chi connectivity index (χ1v) is 11.1. The van der Waals surface area contributed by atoms with Crippen LogP contribution in [0.4, 0.5) is 41.2 Å². The number of nitrogens with one attached hydrogen (secondary N) is 2. The number of hydrogen-bond acceptors (Lipinski definition) is 6. The van der Waals surface area contributed by atoms with E-state index < -0.39 is 71.6 Å². The zero-order chi connectivity index (χ0) is 29.8. The quantitative estimate of drug-likeness (QED) is 0.317. The predicted octanol–water partition coefficient (Wildman–Crippen LogP) is 4.59. The summed E-state index contributed by atoms with van der Waals surface area (Å²) in [4.78, 5) is 37.2. The number of aliphatic hydroxyl groups is 1. The van der Waals surface area contributed by atoms with Gasteiger partial charge in [-0.3, -0.25) is 0 Å². The van der Waals surface area contributed by atoms with Gasteiger partial charge in [-0.15, -0.1) is 0 Å². The van der Waals surface area contributed by atoms with Gasteiger partial charge < -0.3 is 25.2 Å². The zero-order valence-electron chi connectivity index (χ0n) is 20.6. The lowest BCUT2D eigenvalue weighted by Crippen LogP contribution is -2.62. The van der Waals surface area contributed by atoms with Crippen molar-refractivity contribution in [1.29, 1.82) is 0 Å². The van der Waals surface area contributed by atoms with Crippen molar-refractivity contribution in [2.45, 2.75) is 44.3 Å². The van der Waals surface area contributed by atoms with Crippen LogP contribution in [-0.2, 0) is 30.2 Å². The summed E-state index contributed by atoms with van der Waals surface area (Å²) in [5.41, 5.74) is -10.3. The molecule has 0 spiro atoms. The maximum absolute atomic E-state index is 14.3. The molecule has 39 heavy (non-hydrogen) atoms. The lowest BCUT2D eigenvalue weighted by atomic mass is 9.89. The van der Waals surface area contributed by atoms with Crippen LogP contribution >= 0.6 is 0 Å². The standard InChI is InChI=1S/C24H23F7N2O6/c1-4-38-18(34)21(23(26,27)28,14-6-9-16(25)10-7-14)33-20(36)32-17-11-8-15(12-13(17)3)22(37,24(29,30)31)19(35)39-5-2/h6-12,37H,4-5H2,1-3H3,(H2,32,33,36)/t21-,22+/m1/s1. The molecule has 214 valence electrons. The fraction of sp³-hybridized carbons (Fsp3) is 0.375. The third-order valence-electron chi connectivity index (χ3n) is 5.46. The van der Waals surface area contributed by atoms with Gasteiger partial charge in [0.05, 0.1) is 13.2 Å². The average molecular weight is 568 g/mol. The van der Waals surface area contributed by atoms with E-state index in [2.05, 4.69) is 9.47 Å². The lowest BCUT2D eigenvalue weighted by molar-refractivity contribution is -0.267. The van der Waals surface area contributed by atoms with Crippen LogP contribution in [0.5, 0.6) is 0 Å². The second kappa shape index (κ2) is 11.5. The van der Waals surface area contributed by atoms with E-state index >= 15 is 0 Å². The Morgan fingerprint density at radius 1 is 0.821 bits per heavy atom. The first kappa shape index (κ1) is 31.3. The van der Waals surface area contributed by atoms with Crippen molar-refractivity contribution < 1.29 is 59.7 Å². The molecule has 0 aromatic heterocycles. The van der Waals surface area contributed by atoms with Crippen molar-refractivity contribution >= 4 is 23.7 Å². The summed E-state index contributed by atoms with van der Waals surface area (Å²) in [7, 11) is 0.